The largest absolute Gasteiger partial charge is 0.392 e. The van der Waals surface area contributed by atoms with Gasteiger partial charge >= 0.3 is 0 Å². The molecule has 0 radical (unpaired) electrons. The lowest BCUT2D eigenvalue weighted by Gasteiger charge is -2.25. The predicted molar refractivity (Wildman–Crippen MR) is 76.1 cm³/mol. The molecule has 1 aromatic rings. The molecule has 1 fully saturated rings. The van der Waals surface area contributed by atoms with Crippen molar-refractivity contribution in [2.75, 3.05) is 0 Å². The third-order valence-electron chi connectivity index (χ3n) is 3.71. The standard InChI is InChI=1S/C14H19ClO3S/c15-11-7-9-12(10-8-11)19(17,18)14-6-4-2-1-3-5-13(14)16/h7-10,13-14,16H,1-6H2. The summed E-state index contributed by atoms with van der Waals surface area (Å²) in [6.45, 7) is 0. The van der Waals surface area contributed by atoms with Gasteiger partial charge in [-0.1, -0.05) is 37.3 Å². The second-order valence-electron chi connectivity index (χ2n) is 5.10. The van der Waals surface area contributed by atoms with Crippen LogP contribution in [0, 0.1) is 0 Å². The first-order valence-electron chi connectivity index (χ1n) is 6.69. The Morgan fingerprint density at radius 3 is 2.21 bits per heavy atom. The van der Waals surface area contributed by atoms with E-state index in [4.69, 9.17) is 11.6 Å². The highest BCUT2D eigenvalue weighted by molar-refractivity contribution is 7.92. The maximum atomic E-state index is 12.6. The van der Waals surface area contributed by atoms with E-state index in [0.29, 0.717) is 17.9 Å². The zero-order valence-corrected chi connectivity index (χ0v) is 12.3. The normalized spacial score (nSPS) is 25.6. The maximum absolute atomic E-state index is 12.6. The van der Waals surface area contributed by atoms with Crippen LogP contribution >= 0.6 is 11.6 Å². The van der Waals surface area contributed by atoms with Gasteiger partial charge in [-0.2, -0.15) is 0 Å². The number of sulfone groups is 1. The van der Waals surface area contributed by atoms with Crippen LogP contribution in [0.25, 0.3) is 0 Å². The smallest absolute Gasteiger partial charge is 0.183 e. The third kappa shape index (κ3) is 3.50. The molecule has 1 aliphatic rings. The average molecular weight is 303 g/mol. The van der Waals surface area contributed by atoms with Gasteiger partial charge in [0, 0.05) is 5.02 Å². The molecular formula is C14H19ClO3S. The molecule has 3 nitrogen and oxygen atoms in total. The molecule has 5 heteroatoms. The van der Waals surface area contributed by atoms with Crippen molar-refractivity contribution in [2.24, 2.45) is 0 Å². The molecule has 1 N–H and O–H groups in total. The number of halogens is 1. The van der Waals surface area contributed by atoms with Gasteiger partial charge in [-0.25, -0.2) is 8.42 Å². The summed E-state index contributed by atoms with van der Waals surface area (Å²) in [4.78, 5) is 0.251. The van der Waals surface area contributed by atoms with Crippen molar-refractivity contribution in [2.45, 2.75) is 54.8 Å². The number of hydrogen-bond acceptors (Lipinski definition) is 3. The zero-order chi connectivity index (χ0) is 13.9. The molecule has 2 rings (SSSR count). The zero-order valence-electron chi connectivity index (χ0n) is 10.8. The summed E-state index contributed by atoms with van der Waals surface area (Å²) < 4.78 is 25.1. The lowest BCUT2D eigenvalue weighted by molar-refractivity contribution is 0.144. The Balaban J connectivity index is 2.28. The van der Waals surface area contributed by atoms with Crippen LogP contribution in [0.4, 0.5) is 0 Å². The van der Waals surface area contributed by atoms with Crippen LogP contribution in [0.2, 0.25) is 5.02 Å². The number of aliphatic hydroxyl groups excluding tert-OH is 1. The van der Waals surface area contributed by atoms with Crippen LogP contribution in [-0.2, 0) is 9.84 Å². The fourth-order valence-corrected chi connectivity index (χ4v) is 4.61. The average Bonchev–Trinajstić information content (AvgIpc) is 2.34. The summed E-state index contributed by atoms with van der Waals surface area (Å²) in [6.07, 6.45) is 4.21. The molecule has 0 aromatic heterocycles. The van der Waals surface area contributed by atoms with Gasteiger partial charge in [0.05, 0.1) is 16.2 Å². The Hall–Kier alpha value is -0.580. The number of aliphatic hydroxyl groups is 1. The molecule has 106 valence electrons. The van der Waals surface area contributed by atoms with Crippen LogP contribution in [0.1, 0.15) is 38.5 Å². The third-order valence-corrected chi connectivity index (χ3v) is 6.24. The van der Waals surface area contributed by atoms with Crippen LogP contribution in [-0.4, -0.2) is 24.9 Å². The van der Waals surface area contributed by atoms with Gasteiger partial charge in [0.1, 0.15) is 0 Å². The molecule has 19 heavy (non-hydrogen) atoms. The molecule has 1 aromatic carbocycles. The van der Waals surface area contributed by atoms with E-state index in [2.05, 4.69) is 0 Å². The molecule has 0 heterocycles. The van der Waals surface area contributed by atoms with E-state index in [1.54, 1.807) is 12.1 Å². The second kappa shape index (κ2) is 6.25. The van der Waals surface area contributed by atoms with Crippen molar-refractivity contribution in [1.29, 1.82) is 0 Å². The van der Waals surface area contributed by atoms with Gasteiger partial charge in [-0.3, -0.25) is 0 Å². The molecule has 0 amide bonds. The Morgan fingerprint density at radius 1 is 1.00 bits per heavy atom. The first-order valence-corrected chi connectivity index (χ1v) is 8.62. The van der Waals surface area contributed by atoms with E-state index in [1.165, 1.54) is 12.1 Å². The second-order valence-corrected chi connectivity index (χ2v) is 7.70. The van der Waals surface area contributed by atoms with Crippen LogP contribution < -0.4 is 0 Å². The predicted octanol–water partition coefficient (Wildman–Crippen LogP) is 3.20. The van der Waals surface area contributed by atoms with Crippen molar-refractivity contribution < 1.29 is 13.5 Å². The highest BCUT2D eigenvalue weighted by Crippen LogP contribution is 2.28. The van der Waals surface area contributed by atoms with E-state index in [9.17, 15) is 13.5 Å². The van der Waals surface area contributed by atoms with E-state index in [1.807, 2.05) is 0 Å². The van der Waals surface area contributed by atoms with Crippen molar-refractivity contribution >= 4 is 21.4 Å². The highest BCUT2D eigenvalue weighted by Gasteiger charge is 2.33. The Bertz CT molecular complexity index is 510. The van der Waals surface area contributed by atoms with Gasteiger partial charge in [-0.05, 0) is 37.1 Å². The van der Waals surface area contributed by atoms with Crippen molar-refractivity contribution in [3.8, 4) is 0 Å². The summed E-state index contributed by atoms with van der Waals surface area (Å²) in [5.74, 6) is 0. The Labute approximate surface area is 119 Å². The van der Waals surface area contributed by atoms with E-state index in [-0.39, 0.29) is 4.90 Å². The fourth-order valence-electron chi connectivity index (χ4n) is 2.59. The van der Waals surface area contributed by atoms with Crippen molar-refractivity contribution in [3.05, 3.63) is 29.3 Å². The van der Waals surface area contributed by atoms with E-state index < -0.39 is 21.2 Å². The van der Waals surface area contributed by atoms with Gasteiger partial charge in [0.2, 0.25) is 0 Å². The quantitative estimate of drug-likeness (QED) is 0.913. The monoisotopic (exact) mass is 302 g/mol. The number of benzene rings is 1. The summed E-state index contributed by atoms with van der Waals surface area (Å²) in [5.41, 5.74) is 0. The topological polar surface area (TPSA) is 54.4 Å². The molecule has 0 saturated heterocycles. The van der Waals surface area contributed by atoms with Crippen molar-refractivity contribution in [1.82, 2.24) is 0 Å². The lowest BCUT2D eigenvalue weighted by atomic mass is 9.98. The molecule has 2 unspecified atom stereocenters. The van der Waals surface area contributed by atoms with Gasteiger partial charge < -0.3 is 5.11 Å². The lowest BCUT2D eigenvalue weighted by Crippen LogP contribution is -2.35. The fraction of sp³-hybridized carbons (Fsp3) is 0.571. The molecular weight excluding hydrogens is 284 g/mol. The maximum Gasteiger partial charge on any atom is 0.183 e. The van der Waals surface area contributed by atoms with E-state index >= 15 is 0 Å². The summed E-state index contributed by atoms with van der Waals surface area (Å²) in [6, 6.07) is 6.18. The summed E-state index contributed by atoms with van der Waals surface area (Å²) in [5, 5.41) is 9.95. The summed E-state index contributed by atoms with van der Waals surface area (Å²) in [7, 11) is -3.48. The van der Waals surface area contributed by atoms with Gasteiger partial charge in [0.15, 0.2) is 9.84 Å². The molecule has 0 bridgehead atoms. The molecule has 1 saturated carbocycles. The highest BCUT2D eigenvalue weighted by atomic mass is 35.5. The minimum Gasteiger partial charge on any atom is -0.392 e. The number of hydrogen-bond donors (Lipinski definition) is 1. The van der Waals surface area contributed by atoms with Gasteiger partial charge in [0.25, 0.3) is 0 Å². The van der Waals surface area contributed by atoms with Crippen LogP contribution in [0.5, 0.6) is 0 Å². The van der Waals surface area contributed by atoms with Crippen LogP contribution in [0.15, 0.2) is 29.2 Å². The molecule has 1 aliphatic carbocycles. The molecule has 2 atom stereocenters. The minimum absolute atomic E-state index is 0.251. The SMILES string of the molecule is O=S(=O)(c1ccc(Cl)cc1)C1CCCCCCC1O. The van der Waals surface area contributed by atoms with Crippen molar-refractivity contribution in [3.63, 3.8) is 0 Å². The summed E-state index contributed by atoms with van der Waals surface area (Å²) >= 11 is 5.78. The first-order chi connectivity index (χ1) is 9.01. The van der Waals surface area contributed by atoms with Crippen LogP contribution in [0.3, 0.4) is 0 Å². The molecule has 0 spiro atoms. The van der Waals surface area contributed by atoms with E-state index in [0.717, 1.165) is 25.7 Å². The number of rotatable bonds is 2. The first kappa shape index (κ1) is 14.8. The van der Waals surface area contributed by atoms with Gasteiger partial charge in [-0.15, -0.1) is 0 Å². The molecule has 0 aliphatic heterocycles. The minimum atomic E-state index is -3.48. The Kier molecular flexibility index (Phi) is 4.87. The Morgan fingerprint density at radius 2 is 1.58 bits per heavy atom.